The molecule has 19 heavy (non-hydrogen) atoms. The molecule has 100 valence electrons. The predicted octanol–water partition coefficient (Wildman–Crippen LogP) is 1.49. The predicted molar refractivity (Wildman–Crippen MR) is 74.5 cm³/mol. The molecule has 0 saturated carbocycles. The van der Waals surface area contributed by atoms with E-state index in [1.807, 2.05) is 6.07 Å². The summed E-state index contributed by atoms with van der Waals surface area (Å²) in [6.45, 7) is 4.51. The summed E-state index contributed by atoms with van der Waals surface area (Å²) in [7, 11) is 0. The molecule has 5 nitrogen and oxygen atoms in total. The summed E-state index contributed by atoms with van der Waals surface area (Å²) >= 11 is 0. The quantitative estimate of drug-likeness (QED) is 0.875. The molecular formula is C14H18N4O. The van der Waals surface area contributed by atoms with Gasteiger partial charge in [-0.25, -0.2) is 0 Å². The van der Waals surface area contributed by atoms with Gasteiger partial charge in [-0.2, -0.15) is 5.10 Å². The fraction of sp³-hybridized carbons (Fsp3) is 0.357. The summed E-state index contributed by atoms with van der Waals surface area (Å²) in [6, 6.07) is 8.34. The van der Waals surface area contributed by atoms with E-state index in [0.717, 1.165) is 44.0 Å². The number of morpholine rings is 1. The average molecular weight is 258 g/mol. The summed E-state index contributed by atoms with van der Waals surface area (Å²) in [5, 5.41) is 6.79. The smallest absolute Gasteiger partial charge is 0.126 e. The monoisotopic (exact) mass is 258 g/mol. The van der Waals surface area contributed by atoms with Crippen LogP contribution in [0.1, 0.15) is 5.56 Å². The summed E-state index contributed by atoms with van der Waals surface area (Å²) in [5.41, 5.74) is 9.33. The molecular weight excluding hydrogens is 240 g/mol. The Labute approximate surface area is 112 Å². The molecule has 1 fully saturated rings. The summed E-state index contributed by atoms with van der Waals surface area (Å²) < 4.78 is 5.38. The third-order valence-electron chi connectivity index (χ3n) is 3.47. The second kappa shape index (κ2) is 5.42. The second-order valence-electron chi connectivity index (χ2n) is 4.74. The van der Waals surface area contributed by atoms with Crippen molar-refractivity contribution in [3.8, 4) is 11.1 Å². The zero-order chi connectivity index (χ0) is 13.1. The van der Waals surface area contributed by atoms with Crippen LogP contribution in [0, 0.1) is 0 Å². The lowest BCUT2D eigenvalue weighted by atomic mass is 10.0. The molecule has 1 aliphatic rings. The van der Waals surface area contributed by atoms with Gasteiger partial charge in [0.05, 0.1) is 19.4 Å². The van der Waals surface area contributed by atoms with E-state index in [0.29, 0.717) is 5.82 Å². The van der Waals surface area contributed by atoms with Gasteiger partial charge in [-0.05, 0) is 11.1 Å². The molecule has 1 aromatic carbocycles. The molecule has 2 aromatic rings. The van der Waals surface area contributed by atoms with Crippen LogP contribution in [0.5, 0.6) is 0 Å². The molecule has 0 radical (unpaired) electrons. The first-order valence-corrected chi connectivity index (χ1v) is 6.52. The number of aromatic nitrogens is 2. The Hall–Kier alpha value is -1.85. The lowest BCUT2D eigenvalue weighted by molar-refractivity contribution is 0.0342. The van der Waals surface area contributed by atoms with Gasteiger partial charge in [0.1, 0.15) is 5.82 Å². The number of nitrogens with one attached hydrogen (secondary N) is 1. The SMILES string of the molecule is Nc1[nH]ncc1-c1ccccc1CN1CCOCC1. The number of ether oxygens (including phenoxy) is 1. The van der Waals surface area contributed by atoms with Gasteiger partial charge in [-0.3, -0.25) is 10.00 Å². The molecule has 5 heteroatoms. The Balaban J connectivity index is 1.87. The van der Waals surface area contributed by atoms with E-state index >= 15 is 0 Å². The van der Waals surface area contributed by atoms with Crippen molar-refractivity contribution in [2.75, 3.05) is 32.0 Å². The zero-order valence-electron chi connectivity index (χ0n) is 10.8. The van der Waals surface area contributed by atoms with E-state index < -0.39 is 0 Å². The van der Waals surface area contributed by atoms with Crippen LogP contribution in [0.3, 0.4) is 0 Å². The van der Waals surface area contributed by atoms with Crippen molar-refractivity contribution in [3.05, 3.63) is 36.0 Å². The lowest BCUT2D eigenvalue weighted by Gasteiger charge is -2.27. The number of nitrogens with two attached hydrogens (primary N) is 1. The molecule has 1 saturated heterocycles. The summed E-state index contributed by atoms with van der Waals surface area (Å²) in [6.07, 6.45) is 1.79. The van der Waals surface area contributed by atoms with E-state index in [1.54, 1.807) is 6.20 Å². The van der Waals surface area contributed by atoms with Gasteiger partial charge < -0.3 is 10.5 Å². The van der Waals surface area contributed by atoms with Crippen molar-refractivity contribution >= 4 is 5.82 Å². The van der Waals surface area contributed by atoms with Crippen LogP contribution in [-0.4, -0.2) is 41.4 Å². The van der Waals surface area contributed by atoms with Gasteiger partial charge >= 0.3 is 0 Å². The minimum atomic E-state index is 0.620. The Morgan fingerprint density at radius 3 is 2.74 bits per heavy atom. The van der Waals surface area contributed by atoms with Gasteiger partial charge in [0, 0.05) is 25.2 Å². The molecule has 0 amide bonds. The molecule has 3 rings (SSSR count). The van der Waals surface area contributed by atoms with Crippen LogP contribution in [0.2, 0.25) is 0 Å². The summed E-state index contributed by atoms with van der Waals surface area (Å²) in [5.74, 6) is 0.620. The van der Waals surface area contributed by atoms with Crippen LogP contribution in [0.15, 0.2) is 30.5 Å². The van der Waals surface area contributed by atoms with E-state index in [1.165, 1.54) is 5.56 Å². The third kappa shape index (κ3) is 2.62. The number of benzene rings is 1. The van der Waals surface area contributed by atoms with Crippen LogP contribution < -0.4 is 5.73 Å². The highest BCUT2D eigenvalue weighted by atomic mass is 16.5. The molecule has 0 spiro atoms. The third-order valence-corrected chi connectivity index (χ3v) is 3.47. The second-order valence-corrected chi connectivity index (χ2v) is 4.74. The molecule has 0 atom stereocenters. The van der Waals surface area contributed by atoms with Crippen molar-refractivity contribution in [2.24, 2.45) is 0 Å². The number of nitrogens with zero attached hydrogens (tertiary/aromatic N) is 2. The highest BCUT2D eigenvalue weighted by molar-refractivity contribution is 5.75. The highest BCUT2D eigenvalue weighted by Crippen LogP contribution is 2.28. The standard InChI is InChI=1S/C14H18N4O/c15-14-13(9-16-17-14)12-4-2-1-3-11(12)10-18-5-7-19-8-6-18/h1-4,9H,5-8,10H2,(H3,15,16,17). The minimum Gasteiger partial charge on any atom is -0.384 e. The Bertz CT molecular complexity index is 546. The Morgan fingerprint density at radius 2 is 2.00 bits per heavy atom. The first-order valence-electron chi connectivity index (χ1n) is 6.52. The van der Waals surface area contributed by atoms with Crippen molar-refractivity contribution in [3.63, 3.8) is 0 Å². The normalized spacial score (nSPS) is 16.6. The number of aromatic amines is 1. The van der Waals surface area contributed by atoms with Crippen LogP contribution in [-0.2, 0) is 11.3 Å². The molecule has 1 aromatic heterocycles. The molecule has 3 N–H and O–H groups in total. The highest BCUT2D eigenvalue weighted by Gasteiger charge is 2.14. The van der Waals surface area contributed by atoms with Crippen LogP contribution in [0.4, 0.5) is 5.82 Å². The van der Waals surface area contributed by atoms with Crippen molar-refractivity contribution in [1.29, 1.82) is 0 Å². The topological polar surface area (TPSA) is 67.2 Å². The summed E-state index contributed by atoms with van der Waals surface area (Å²) in [4.78, 5) is 2.40. The first kappa shape index (κ1) is 12.2. The fourth-order valence-corrected chi connectivity index (χ4v) is 2.43. The van der Waals surface area contributed by atoms with Gasteiger partial charge in [-0.1, -0.05) is 24.3 Å². The largest absolute Gasteiger partial charge is 0.384 e. The van der Waals surface area contributed by atoms with E-state index in [4.69, 9.17) is 10.5 Å². The molecule has 1 aliphatic heterocycles. The van der Waals surface area contributed by atoms with Crippen molar-refractivity contribution in [2.45, 2.75) is 6.54 Å². The van der Waals surface area contributed by atoms with Gasteiger partial charge in [0.25, 0.3) is 0 Å². The molecule has 0 unspecified atom stereocenters. The number of hydrogen-bond donors (Lipinski definition) is 2. The maximum absolute atomic E-state index is 5.92. The van der Waals surface area contributed by atoms with Crippen LogP contribution in [0.25, 0.3) is 11.1 Å². The molecule has 0 bridgehead atoms. The molecule has 2 heterocycles. The average Bonchev–Trinajstić information content (AvgIpc) is 2.87. The Morgan fingerprint density at radius 1 is 1.21 bits per heavy atom. The molecule has 0 aliphatic carbocycles. The number of H-pyrrole nitrogens is 1. The van der Waals surface area contributed by atoms with Crippen LogP contribution >= 0.6 is 0 Å². The number of anilines is 1. The maximum atomic E-state index is 5.92. The first-order chi connectivity index (χ1) is 9.34. The minimum absolute atomic E-state index is 0.620. The lowest BCUT2D eigenvalue weighted by Crippen LogP contribution is -2.35. The number of hydrogen-bond acceptors (Lipinski definition) is 4. The van der Waals surface area contributed by atoms with Crippen molar-refractivity contribution < 1.29 is 4.74 Å². The fourth-order valence-electron chi connectivity index (χ4n) is 2.43. The Kier molecular flexibility index (Phi) is 3.48. The van der Waals surface area contributed by atoms with E-state index in [2.05, 4.69) is 33.3 Å². The maximum Gasteiger partial charge on any atom is 0.126 e. The van der Waals surface area contributed by atoms with Gasteiger partial charge in [0.2, 0.25) is 0 Å². The van der Waals surface area contributed by atoms with Crippen molar-refractivity contribution in [1.82, 2.24) is 15.1 Å². The zero-order valence-corrected chi connectivity index (χ0v) is 10.8. The van der Waals surface area contributed by atoms with E-state index in [9.17, 15) is 0 Å². The van der Waals surface area contributed by atoms with Gasteiger partial charge in [0.15, 0.2) is 0 Å². The van der Waals surface area contributed by atoms with Gasteiger partial charge in [-0.15, -0.1) is 0 Å². The number of nitrogen functional groups attached to an aromatic ring is 1. The number of rotatable bonds is 3. The van der Waals surface area contributed by atoms with E-state index in [-0.39, 0.29) is 0 Å².